The third-order valence-corrected chi connectivity index (χ3v) is 3.79. The highest BCUT2D eigenvalue weighted by Crippen LogP contribution is 2.10. The van der Waals surface area contributed by atoms with Crippen LogP contribution in [-0.4, -0.2) is 51.5 Å². The summed E-state index contributed by atoms with van der Waals surface area (Å²) in [5.41, 5.74) is 0. The summed E-state index contributed by atoms with van der Waals surface area (Å²) < 4.78 is 0. The molecule has 0 fully saturated rings. The van der Waals surface area contributed by atoms with Gasteiger partial charge in [-0.2, -0.15) is 0 Å². The minimum Gasteiger partial charge on any atom is -0.481 e. The summed E-state index contributed by atoms with van der Waals surface area (Å²) in [5, 5.41) is 19.9. The molecule has 0 aliphatic heterocycles. The number of carbonyl (C=O) groups excluding carboxylic acids is 1. The van der Waals surface area contributed by atoms with Crippen LogP contribution >= 0.6 is 0 Å². The van der Waals surface area contributed by atoms with E-state index in [0.717, 1.165) is 19.3 Å². The summed E-state index contributed by atoms with van der Waals surface area (Å²) in [6.45, 7) is 2.20. The van der Waals surface area contributed by atoms with Crippen LogP contribution in [0.2, 0.25) is 0 Å². The number of aliphatic carboxylic acids is 2. The predicted molar refractivity (Wildman–Crippen MR) is 98.2 cm³/mol. The maximum Gasteiger partial charge on any atom is 0.326 e. The van der Waals surface area contributed by atoms with Crippen LogP contribution < -0.4 is 5.32 Å². The van der Waals surface area contributed by atoms with Crippen molar-refractivity contribution in [3.05, 3.63) is 0 Å². The van der Waals surface area contributed by atoms with Crippen LogP contribution in [0.5, 0.6) is 0 Å². The molecule has 7 heteroatoms. The summed E-state index contributed by atoms with van der Waals surface area (Å²) >= 11 is 0. The lowest BCUT2D eigenvalue weighted by atomic mass is 10.1. The van der Waals surface area contributed by atoms with E-state index < -0.39 is 18.0 Å². The van der Waals surface area contributed by atoms with Crippen molar-refractivity contribution >= 4 is 35.2 Å². The molecule has 0 unspecified atom stereocenters. The Morgan fingerprint density at radius 3 is 1.79 bits per heavy atom. The quantitative estimate of drug-likeness (QED) is 0.307. The molecule has 6 nitrogen and oxygen atoms in total. The van der Waals surface area contributed by atoms with E-state index >= 15 is 0 Å². The second-order valence-electron chi connectivity index (χ2n) is 5.97. The van der Waals surface area contributed by atoms with Gasteiger partial charge in [0.1, 0.15) is 6.04 Å². The molecule has 0 rings (SSSR count). The van der Waals surface area contributed by atoms with Gasteiger partial charge >= 0.3 is 11.9 Å². The largest absolute Gasteiger partial charge is 0.481 e. The lowest BCUT2D eigenvalue weighted by molar-refractivity contribution is -0.143. The van der Waals surface area contributed by atoms with E-state index in [0.29, 0.717) is 6.42 Å². The van der Waals surface area contributed by atoms with Crippen LogP contribution in [0.3, 0.4) is 0 Å². The zero-order chi connectivity index (χ0) is 17.5. The van der Waals surface area contributed by atoms with Gasteiger partial charge in [-0.15, -0.1) is 0 Å². The number of unbranched alkanes of at least 4 members (excludes halogenated alkanes) is 8. The van der Waals surface area contributed by atoms with Gasteiger partial charge < -0.3 is 15.5 Å². The van der Waals surface area contributed by atoms with Crippen molar-refractivity contribution in [3.8, 4) is 0 Å². The summed E-state index contributed by atoms with van der Waals surface area (Å²) in [4.78, 5) is 33.1. The molecule has 0 aromatic rings. The molecule has 0 heterocycles. The molecule has 24 heavy (non-hydrogen) atoms. The number of amides is 1. The fourth-order valence-corrected chi connectivity index (χ4v) is 2.39. The number of nitrogens with one attached hydrogen (secondary N) is 1. The Kier molecular flexibility index (Phi) is 17.6. The molecule has 0 bridgehead atoms. The minimum atomic E-state index is -1.19. The van der Waals surface area contributed by atoms with E-state index in [9.17, 15) is 14.4 Å². The molecular formula is C17H34AlNO5. The molecule has 0 saturated heterocycles. The molecule has 1 amide bonds. The summed E-state index contributed by atoms with van der Waals surface area (Å²) in [7, 11) is 0. The second-order valence-corrected chi connectivity index (χ2v) is 5.97. The Hall–Kier alpha value is -1.06. The molecule has 0 aromatic carbocycles. The highest BCUT2D eigenvalue weighted by molar-refractivity contribution is 5.83. The number of carbonyl (C=O) groups is 3. The van der Waals surface area contributed by atoms with Crippen molar-refractivity contribution in [3.63, 3.8) is 0 Å². The molecule has 0 spiro atoms. The first kappa shape index (κ1) is 25.2. The first-order chi connectivity index (χ1) is 11.0. The maximum absolute atomic E-state index is 11.7. The topological polar surface area (TPSA) is 104 Å². The van der Waals surface area contributed by atoms with Crippen LogP contribution in [0.1, 0.15) is 84.0 Å². The smallest absolute Gasteiger partial charge is 0.326 e. The van der Waals surface area contributed by atoms with Crippen molar-refractivity contribution in [2.45, 2.75) is 90.0 Å². The standard InChI is InChI=1S/C17H31NO5.Al.3H/c1-2-3-4-5-6-7-8-9-10-11-15(19)18-14(17(22)23)12-13-16(20)21;;;;/h14H,2-13H2,1H3,(H,18,19)(H,20,21)(H,22,23);;;;/t14-;;;;/m0..../s1. The lowest BCUT2D eigenvalue weighted by Crippen LogP contribution is -2.41. The van der Waals surface area contributed by atoms with Gasteiger partial charge in [-0.05, 0) is 12.8 Å². The van der Waals surface area contributed by atoms with E-state index in [1.54, 1.807) is 0 Å². The van der Waals surface area contributed by atoms with Gasteiger partial charge in [0.15, 0.2) is 17.4 Å². The SMILES string of the molecule is CCCCCCCCCCCC(=O)N[C@@H](CCC(=O)O)C(=O)O.[AlH3]. The number of carboxylic acids is 2. The van der Waals surface area contributed by atoms with E-state index in [2.05, 4.69) is 12.2 Å². The van der Waals surface area contributed by atoms with Crippen molar-refractivity contribution in [2.75, 3.05) is 0 Å². The number of carboxylic acid groups (broad SMARTS) is 2. The fraction of sp³-hybridized carbons (Fsp3) is 0.824. The number of hydrogen-bond acceptors (Lipinski definition) is 3. The highest BCUT2D eigenvalue weighted by atomic mass is 27.0. The molecule has 0 radical (unpaired) electrons. The third kappa shape index (κ3) is 15.8. The van der Waals surface area contributed by atoms with Crippen LogP contribution in [-0.2, 0) is 14.4 Å². The van der Waals surface area contributed by atoms with Gasteiger partial charge in [-0.3, -0.25) is 9.59 Å². The molecule has 0 aliphatic carbocycles. The van der Waals surface area contributed by atoms with Crippen LogP contribution in [0, 0.1) is 0 Å². The first-order valence-electron chi connectivity index (χ1n) is 8.71. The Bertz CT molecular complexity index is 363. The number of hydrogen-bond donors (Lipinski definition) is 3. The van der Waals surface area contributed by atoms with Crippen LogP contribution in [0.4, 0.5) is 0 Å². The normalized spacial score (nSPS) is 11.4. The molecular weight excluding hydrogens is 325 g/mol. The average Bonchev–Trinajstić information content (AvgIpc) is 2.49. The van der Waals surface area contributed by atoms with Gasteiger partial charge in [-0.1, -0.05) is 58.3 Å². The first-order valence-corrected chi connectivity index (χ1v) is 8.71. The summed E-state index contributed by atoms with van der Waals surface area (Å²) in [6, 6.07) is -1.11. The molecule has 3 N–H and O–H groups in total. The second kappa shape index (κ2) is 16.8. The van der Waals surface area contributed by atoms with Crippen LogP contribution in [0.25, 0.3) is 0 Å². The third-order valence-electron chi connectivity index (χ3n) is 3.79. The van der Waals surface area contributed by atoms with Crippen molar-refractivity contribution < 1.29 is 24.6 Å². The van der Waals surface area contributed by atoms with Gasteiger partial charge in [0.05, 0.1) is 0 Å². The average molecular weight is 359 g/mol. The van der Waals surface area contributed by atoms with Gasteiger partial charge in [0.2, 0.25) is 5.91 Å². The molecule has 0 aliphatic rings. The van der Waals surface area contributed by atoms with Crippen molar-refractivity contribution in [2.24, 2.45) is 0 Å². The van der Waals surface area contributed by atoms with Gasteiger partial charge in [0.25, 0.3) is 0 Å². The molecule has 1 atom stereocenters. The molecule has 140 valence electrons. The monoisotopic (exact) mass is 359 g/mol. The van der Waals surface area contributed by atoms with E-state index in [4.69, 9.17) is 10.2 Å². The Labute approximate surface area is 155 Å². The van der Waals surface area contributed by atoms with Crippen molar-refractivity contribution in [1.82, 2.24) is 5.32 Å². The molecule has 0 aromatic heterocycles. The van der Waals surface area contributed by atoms with E-state index in [1.807, 2.05) is 0 Å². The summed E-state index contributed by atoms with van der Waals surface area (Å²) in [5.74, 6) is -2.57. The minimum absolute atomic E-state index is 0. The van der Waals surface area contributed by atoms with Gasteiger partial charge in [0, 0.05) is 12.8 Å². The van der Waals surface area contributed by atoms with E-state index in [1.165, 1.54) is 38.5 Å². The Morgan fingerprint density at radius 2 is 1.33 bits per heavy atom. The highest BCUT2D eigenvalue weighted by Gasteiger charge is 2.20. The lowest BCUT2D eigenvalue weighted by Gasteiger charge is -2.13. The predicted octanol–water partition coefficient (Wildman–Crippen LogP) is 2.16. The fourth-order valence-electron chi connectivity index (χ4n) is 2.39. The van der Waals surface area contributed by atoms with Gasteiger partial charge in [-0.25, -0.2) is 4.79 Å². The Morgan fingerprint density at radius 1 is 0.833 bits per heavy atom. The molecule has 0 saturated carbocycles. The summed E-state index contributed by atoms with van der Waals surface area (Å²) in [6.07, 6.45) is 10.3. The Balaban J connectivity index is 0. The zero-order valence-corrected chi connectivity index (χ0v) is 14.2. The van der Waals surface area contributed by atoms with Crippen LogP contribution in [0.15, 0.2) is 0 Å². The number of rotatable bonds is 15. The van der Waals surface area contributed by atoms with Crippen molar-refractivity contribution in [1.29, 1.82) is 0 Å². The maximum atomic E-state index is 11.7. The van der Waals surface area contributed by atoms with E-state index in [-0.39, 0.29) is 36.1 Å². The zero-order valence-electron chi connectivity index (χ0n) is 14.2.